The summed E-state index contributed by atoms with van der Waals surface area (Å²) in [6, 6.07) is 15.3. The van der Waals surface area contributed by atoms with E-state index < -0.39 is 23.7 Å². The third-order valence-electron chi connectivity index (χ3n) is 6.71. The predicted molar refractivity (Wildman–Crippen MR) is 151 cm³/mol. The van der Waals surface area contributed by atoms with Crippen LogP contribution in [0.5, 0.6) is 5.75 Å². The first kappa shape index (κ1) is 30.8. The van der Waals surface area contributed by atoms with E-state index in [1.807, 2.05) is 63.2 Å². The van der Waals surface area contributed by atoms with Crippen molar-refractivity contribution in [1.82, 2.24) is 10.2 Å². The van der Waals surface area contributed by atoms with Crippen molar-refractivity contribution in [3.05, 3.63) is 65.7 Å². The Kier molecular flexibility index (Phi) is 11.7. The van der Waals surface area contributed by atoms with Crippen LogP contribution in [-0.2, 0) is 27.3 Å². The standard InChI is InChI=1S/C31H42N2O7/c1-31(2,3)40-30(37)33-18-16-23(17-19-33)9-7-8-20-38-26-14-12-24(13-15-26)21-27(28(34)35)32-29(36)39-22-25-10-5-4-6-11-25/h4-6,10-15,23,27H,7-9,16-22H2,1-3H3,(H,32,36)(H,34,35). The number of aliphatic carboxylic acids is 1. The van der Waals surface area contributed by atoms with E-state index in [1.54, 1.807) is 17.0 Å². The molecule has 0 radical (unpaired) electrons. The number of hydrogen-bond donors (Lipinski definition) is 2. The third kappa shape index (κ3) is 11.2. The first-order chi connectivity index (χ1) is 19.1. The summed E-state index contributed by atoms with van der Waals surface area (Å²) in [6.07, 6.45) is 4.24. The van der Waals surface area contributed by atoms with Crippen molar-refractivity contribution in [3.63, 3.8) is 0 Å². The first-order valence-corrected chi connectivity index (χ1v) is 14.0. The van der Waals surface area contributed by atoms with Gasteiger partial charge in [0.05, 0.1) is 6.61 Å². The molecule has 1 unspecified atom stereocenters. The van der Waals surface area contributed by atoms with Crippen molar-refractivity contribution in [2.45, 2.75) is 77.5 Å². The van der Waals surface area contributed by atoms with Gasteiger partial charge in [0.15, 0.2) is 0 Å². The predicted octanol–water partition coefficient (Wildman–Crippen LogP) is 5.80. The van der Waals surface area contributed by atoms with Gasteiger partial charge in [-0.05, 0) is 75.6 Å². The molecule has 2 N–H and O–H groups in total. The average molecular weight is 555 g/mol. The maximum absolute atomic E-state index is 12.2. The number of carbonyl (C=O) groups is 3. The Labute approximate surface area is 236 Å². The number of hydrogen-bond acceptors (Lipinski definition) is 6. The van der Waals surface area contributed by atoms with Crippen LogP contribution < -0.4 is 10.1 Å². The van der Waals surface area contributed by atoms with Gasteiger partial charge >= 0.3 is 18.2 Å². The fraction of sp³-hybridized carbons (Fsp3) is 0.516. The van der Waals surface area contributed by atoms with Gasteiger partial charge in [-0.3, -0.25) is 0 Å². The molecule has 0 aromatic heterocycles. The second kappa shape index (κ2) is 15.1. The molecule has 1 heterocycles. The number of unbranched alkanes of at least 4 members (excludes halogenated alkanes) is 1. The highest BCUT2D eigenvalue weighted by molar-refractivity contribution is 5.80. The fourth-order valence-electron chi connectivity index (χ4n) is 4.52. The molecule has 40 heavy (non-hydrogen) atoms. The van der Waals surface area contributed by atoms with E-state index in [9.17, 15) is 19.5 Å². The van der Waals surface area contributed by atoms with Gasteiger partial charge in [-0.1, -0.05) is 48.9 Å². The lowest BCUT2D eigenvalue weighted by molar-refractivity contribution is -0.139. The van der Waals surface area contributed by atoms with E-state index in [1.165, 1.54) is 0 Å². The van der Waals surface area contributed by atoms with Crippen LogP contribution in [-0.4, -0.2) is 59.5 Å². The third-order valence-corrected chi connectivity index (χ3v) is 6.71. The lowest BCUT2D eigenvalue weighted by atomic mass is 9.92. The van der Waals surface area contributed by atoms with Gasteiger partial charge in [-0.25, -0.2) is 14.4 Å². The van der Waals surface area contributed by atoms with Gasteiger partial charge in [-0.2, -0.15) is 0 Å². The SMILES string of the molecule is CC(C)(C)OC(=O)N1CCC(CCCCOc2ccc(CC(NC(=O)OCc3ccccc3)C(=O)O)cc2)CC1. The number of benzene rings is 2. The molecular weight excluding hydrogens is 512 g/mol. The van der Waals surface area contributed by atoms with Crippen molar-refractivity contribution in [2.75, 3.05) is 19.7 Å². The summed E-state index contributed by atoms with van der Waals surface area (Å²) in [5, 5.41) is 12.0. The highest BCUT2D eigenvalue weighted by atomic mass is 16.6. The average Bonchev–Trinajstić information content (AvgIpc) is 2.92. The number of carboxylic acid groups (broad SMARTS) is 1. The normalized spacial score (nSPS) is 14.7. The number of amides is 2. The molecule has 9 heteroatoms. The first-order valence-electron chi connectivity index (χ1n) is 14.0. The van der Waals surface area contributed by atoms with Crippen LogP contribution in [0, 0.1) is 5.92 Å². The fourth-order valence-corrected chi connectivity index (χ4v) is 4.52. The molecule has 0 aliphatic carbocycles. The lowest BCUT2D eigenvalue weighted by Crippen LogP contribution is -2.42. The number of carboxylic acids is 1. The molecule has 2 aromatic rings. The lowest BCUT2D eigenvalue weighted by Gasteiger charge is -2.33. The van der Waals surface area contributed by atoms with Gasteiger partial charge in [0.1, 0.15) is 24.0 Å². The molecule has 9 nitrogen and oxygen atoms in total. The van der Waals surface area contributed by atoms with E-state index >= 15 is 0 Å². The van der Waals surface area contributed by atoms with Crippen LogP contribution in [0.15, 0.2) is 54.6 Å². The summed E-state index contributed by atoms with van der Waals surface area (Å²) in [5.74, 6) is 0.202. The summed E-state index contributed by atoms with van der Waals surface area (Å²) >= 11 is 0. The van der Waals surface area contributed by atoms with E-state index in [0.717, 1.165) is 62.1 Å². The highest BCUT2D eigenvalue weighted by Crippen LogP contribution is 2.24. The number of alkyl carbamates (subject to hydrolysis) is 1. The summed E-state index contributed by atoms with van der Waals surface area (Å²) in [4.78, 5) is 37.8. The van der Waals surface area contributed by atoms with E-state index in [0.29, 0.717) is 12.5 Å². The van der Waals surface area contributed by atoms with Crippen LogP contribution in [0.25, 0.3) is 0 Å². The molecule has 3 rings (SSSR count). The Balaban J connectivity index is 1.31. The number of rotatable bonds is 12. The van der Waals surface area contributed by atoms with Crippen molar-refractivity contribution in [2.24, 2.45) is 5.92 Å². The summed E-state index contributed by atoms with van der Waals surface area (Å²) in [7, 11) is 0. The van der Waals surface area contributed by atoms with Crippen LogP contribution in [0.1, 0.15) is 64.0 Å². The monoisotopic (exact) mass is 554 g/mol. The summed E-state index contributed by atoms with van der Waals surface area (Å²) < 4.78 is 16.5. The number of ether oxygens (including phenoxy) is 3. The van der Waals surface area contributed by atoms with Crippen molar-refractivity contribution < 1.29 is 33.7 Å². The zero-order valence-corrected chi connectivity index (χ0v) is 23.8. The topological polar surface area (TPSA) is 114 Å². The molecule has 1 atom stereocenters. The maximum atomic E-state index is 12.2. The molecule has 2 amide bonds. The van der Waals surface area contributed by atoms with E-state index in [2.05, 4.69) is 5.32 Å². The largest absolute Gasteiger partial charge is 0.494 e. The molecule has 0 bridgehead atoms. The zero-order valence-electron chi connectivity index (χ0n) is 23.8. The molecule has 0 spiro atoms. The number of nitrogens with one attached hydrogen (secondary N) is 1. The molecule has 2 aromatic carbocycles. The highest BCUT2D eigenvalue weighted by Gasteiger charge is 2.26. The number of nitrogens with zero attached hydrogens (tertiary/aromatic N) is 1. The Hall–Kier alpha value is -3.75. The minimum absolute atomic E-state index is 0.0679. The Morgan fingerprint density at radius 3 is 2.27 bits per heavy atom. The minimum Gasteiger partial charge on any atom is -0.494 e. The second-order valence-electron chi connectivity index (χ2n) is 11.2. The molecule has 1 saturated heterocycles. The quantitative estimate of drug-likeness (QED) is 0.319. The molecule has 1 aliphatic rings. The Morgan fingerprint density at radius 1 is 0.975 bits per heavy atom. The molecular formula is C31H42N2O7. The van der Waals surface area contributed by atoms with Crippen LogP contribution in [0.3, 0.4) is 0 Å². The second-order valence-corrected chi connectivity index (χ2v) is 11.2. The summed E-state index contributed by atoms with van der Waals surface area (Å²) in [5.41, 5.74) is 1.12. The number of piperidine rings is 1. The minimum atomic E-state index is -1.13. The van der Waals surface area contributed by atoms with Gasteiger partial charge in [0.25, 0.3) is 0 Å². The molecule has 1 aliphatic heterocycles. The van der Waals surface area contributed by atoms with Crippen LogP contribution in [0.4, 0.5) is 9.59 Å². The van der Waals surface area contributed by atoms with Crippen LogP contribution in [0.2, 0.25) is 0 Å². The van der Waals surface area contributed by atoms with Crippen LogP contribution >= 0.6 is 0 Å². The smallest absolute Gasteiger partial charge is 0.410 e. The maximum Gasteiger partial charge on any atom is 0.410 e. The number of carbonyl (C=O) groups excluding carboxylic acids is 2. The van der Waals surface area contributed by atoms with Gasteiger partial charge in [-0.15, -0.1) is 0 Å². The van der Waals surface area contributed by atoms with Gasteiger partial charge < -0.3 is 29.5 Å². The Morgan fingerprint density at radius 2 is 1.65 bits per heavy atom. The molecule has 218 valence electrons. The van der Waals surface area contributed by atoms with Crippen molar-refractivity contribution in [3.8, 4) is 5.75 Å². The Bertz CT molecular complexity index is 1080. The van der Waals surface area contributed by atoms with Crippen molar-refractivity contribution in [1.29, 1.82) is 0 Å². The van der Waals surface area contributed by atoms with Crippen molar-refractivity contribution >= 4 is 18.2 Å². The van der Waals surface area contributed by atoms with E-state index in [-0.39, 0.29) is 19.1 Å². The summed E-state index contributed by atoms with van der Waals surface area (Å²) in [6.45, 7) is 7.81. The van der Waals surface area contributed by atoms with Gasteiger partial charge in [0.2, 0.25) is 0 Å². The molecule has 1 fully saturated rings. The zero-order chi connectivity index (χ0) is 29.0. The number of likely N-dealkylation sites (tertiary alicyclic amines) is 1. The van der Waals surface area contributed by atoms with Gasteiger partial charge in [0, 0.05) is 19.5 Å². The van der Waals surface area contributed by atoms with E-state index in [4.69, 9.17) is 14.2 Å². The molecule has 0 saturated carbocycles.